The Morgan fingerprint density at radius 2 is 2.33 bits per heavy atom. The maximum atomic E-state index is 4.57. The lowest BCUT2D eigenvalue weighted by atomic mass is 10.3. The molecule has 0 saturated carbocycles. The van der Waals surface area contributed by atoms with Gasteiger partial charge in [-0.2, -0.15) is 0 Å². The van der Waals surface area contributed by atoms with E-state index in [1.165, 1.54) is 0 Å². The first-order valence-electron chi connectivity index (χ1n) is 5.23. The van der Waals surface area contributed by atoms with E-state index in [9.17, 15) is 0 Å². The van der Waals surface area contributed by atoms with Crippen molar-refractivity contribution in [1.29, 1.82) is 0 Å². The first kappa shape index (κ1) is 10.1. The minimum Gasteiger partial charge on any atom is -0.330 e. The highest BCUT2D eigenvalue weighted by Gasteiger charge is 2.12. The Labute approximate surface area is 89.3 Å². The van der Waals surface area contributed by atoms with Crippen LogP contribution >= 0.6 is 0 Å². The van der Waals surface area contributed by atoms with Crippen LogP contribution in [0.2, 0.25) is 0 Å². The van der Waals surface area contributed by atoms with Crippen molar-refractivity contribution in [3.63, 3.8) is 0 Å². The third-order valence-corrected chi connectivity index (χ3v) is 2.62. The van der Waals surface area contributed by atoms with Gasteiger partial charge in [0.1, 0.15) is 11.3 Å². The second-order valence-electron chi connectivity index (χ2n) is 3.67. The molecule has 2 aromatic rings. The van der Waals surface area contributed by atoms with Crippen LogP contribution in [0.25, 0.3) is 11.0 Å². The van der Waals surface area contributed by atoms with Gasteiger partial charge in [-0.3, -0.25) is 4.98 Å². The summed E-state index contributed by atoms with van der Waals surface area (Å²) in [6, 6.07) is 2.26. The van der Waals surface area contributed by atoms with Gasteiger partial charge in [0, 0.05) is 13.2 Å². The van der Waals surface area contributed by atoms with Crippen LogP contribution < -0.4 is 5.32 Å². The lowest BCUT2D eigenvalue weighted by Gasteiger charge is -2.11. The standard InChI is InChI=1S/C11H16N4/c1-4-13-8(2)11-14-9-7-12-6-5-10(9)15(11)3/h5-8,13H,4H2,1-3H3. The molecule has 1 unspecified atom stereocenters. The van der Waals surface area contributed by atoms with E-state index in [0.29, 0.717) is 0 Å². The number of hydrogen-bond donors (Lipinski definition) is 1. The zero-order chi connectivity index (χ0) is 10.8. The van der Waals surface area contributed by atoms with Crippen molar-refractivity contribution in [1.82, 2.24) is 19.9 Å². The molecular formula is C11H16N4. The molecule has 0 radical (unpaired) electrons. The lowest BCUT2D eigenvalue weighted by molar-refractivity contribution is 0.551. The molecule has 1 atom stereocenters. The molecule has 0 bridgehead atoms. The van der Waals surface area contributed by atoms with Crippen LogP contribution in [0.15, 0.2) is 18.5 Å². The van der Waals surface area contributed by atoms with Crippen LogP contribution in [-0.2, 0) is 7.05 Å². The normalized spacial score (nSPS) is 13.3. The fourth-order valence-electron chi connectivity index (χ4n) is 1.86. The SMILES string of the molecule is CCNC(C)c1nc2cnccc2n1C. The first-order valence-corrected chi connectivity index (χ1v) is 5.23. The Bertz CT molecular complexity index is 461. The molecule has 80 valence electrons. The van der Waals surface area contributed by atoms with Crippen molar-refractivity contribution < 1.29 is 0 Å². The largest absolute Gasteiger partial charge is 0.330 e. The van der Waals surface area contributed by atoms with Gasteiger partial charge in [-0.1, -0.05) is 6.92 Å². The van der Waals surface area contributed by atoms with E-state index in [2.05, 4.69) is 33.7 Å². The van der Waals surface area contributed by atoms with Gasteiger partial charge in [0.2, 0.25) is 0 Å². The molecule has 0 aromatic carbocycles. The van der Waals surface area contributed by atoms with Gasteiger partial charge in [-0.15, -0.1) is 0 Å². The fraction of sp³-hybridized carbons (Fsp3) is 0.455. The number of pyridine rings is 1. The Balaban J connectivity index is 2.48. The third kappa shape index (κ3) is 1.72. The van der Waals surface area contributed by atoms with Crippen molar-refractivity contribution >= 4 is 11.0 Å². The Kier molecular flexibility index (Phi) is 2.68. The first-order chi connectivity index (χ1) is 7.24. The molecule has 2 aromatic heterocycles. The third-order valence-electron chi connectivity index (χ3n) is 2.62. The predicted octanol–water partition coefficient (Wildman–Crippen LogP) is 1.64. The molecule has 4 nitrogen and oxygen atoms in total. The summed E-state index contributed by atoms with van der Waals surface area (Å²) in [6.45, 7) is 5.17. The van der Waals surface area contributed by atoms with Crippen LogP contribution in [0.1, 0.15) is 25.7 Å². The van der Waals surface area contributed by atoms with E-state index in [4.69, 9.17) is 0 Å². The number of aryl methyl sites for hydroxylation is 1. The molecule has 0 saturated heterocycles. The number of rotatable bonds is 3. The molecule has 1 N–H and O–H groups in total. The maximum Gasteiger partial charge on any atom is 0.126 e. The number of imidazole rings is 1. The summed E-state index contributed by atoms with van der Waals surface area (Å²) < 4.78 is 2.12. The van der Waals surface area contributed by atoms with Gasteiger partial charge < -0.3 is 9.88 Å². The van der Waals surface area contributed by atoms with Gasteiger partial charge in [-0.25, -0.2) is 4.98 Å². The number of fused-ring (bicyclic) bond motifs is 1. The Hall–Kier alpha value is -1.42. The minimum absolute atomic E-state index is 0.271. The monoisotopic (exact) mass is 204 g/mol. The second-order valence-corrected chi connectivity index (χ2v) is 3.67. The smallest absolute Gasteiger partial charge is 0.126 e. The lowest BCUT2D eigenvalue weighted by Crippen LogP contribution is -2.20. The van der Waals surface area contributed by atoms with Crippen LogP contribution in [-0.4, -0.2) is 21.1 Å². The van der Waals surface area contributed by atoms with Gasteiger partial charge in [0.05, 0.1) is 17.8 Å². The van der Waals surface area contributed by atoms with E-state index < -0.39 is 0 Å². The number of hydrogen-bond acceptors (Lipinski definition) is 3. The summed E-state index contributed by atoms with van der Waals surface area (Å²) >= 11 is 0. The summed E-state index contributed by atoms with van der Waals surface area (Å²) in [6.07, 6.45) is 3.60. The summed E-state index contributed by atoms with van der Waals surface area (Å²) in [5.74, 6) is 1.06. The molecule has 2 rings (SSSR count). The highest BCUT2D eigenvalue weighted by molar-refractivity contribution is 5.74. The molecule has 15 heavy (non-hydrogen) atoms. The number of nitrogens with zero attached hydrogens (tertiary/aromatic N) is 3. The zero-order valence-electron chi connectivity index (χ0n) is 9.36. The fourth-order valence-corrected chi connectivity index (χ4v) is 1.86. The highest BCUT2D eigenvalue weighted by Crippen LogP contribution is 2.17. The minimum atomic E-state index is 0.271. The molecule has 0 spiro atoms. The summed E-state index contributed by atoms with van der Waals surface area (Å²) in [5, 5.41) is 3.36. The van der Waals surface area contributed by atoms with Gasteiger partial charge in [-0.05, 0) is 19.5 Å². The van der Waals surface area contributed by atoms with Crippen molar-refractivity contribution in [3.05, 3.63) is 24.3 Å². The van der Waals surface area contributed by atoms with E-state index in [-0.39, 0.29) is 6.04 Å². The second kappa shape index (κ2) is 3.98. The molecule has 0 fully saturated rings. The maximum absolute atomic E-state index is 4.57. The summed E-state index contributed by atoms with van der Waals surface area (Å²) in [7, 11) is 2.04. The molecule has 0 amide bonds. The van der Waals surface area contributed by atoms with E-state index >= 15 is 0 Å². The summed E-state index contributed by atoms with van der Waals surface area (Å²) in [4.78, 5) is 8.65. The topological polar surface area (TPSA) is 42.7 Å². The van der Waals surface area contributed by atoms with Gasteiger partial charge >= 0.3 is 0 Å². The predicted molar refractivity (Wildman–Crippen MR) is 60.6 cm³/mol. The van der Waals surface area contributed by atoms with Crippen molar-refractivity contribution in [2.45, 2.75) is 19.9 Å². The van der Waals surface area contributed by atoms with Crippen LogP contribution in [0.4, 0.5) is 0 Å². The number of nitrogens with one attached hydrogen (secondary N) is 1. The van der Waals surface area contributed by atoms with Crippen molar-refractivity contribution in [2.24, 2.45) is 7.05 Å². The average Bonchev–Trinajstić information content (AvgIpc) is 2.57. The summed E-state index contributed by atoms with van der Waals surface area (Å²) in [5.41, 5.74) is 2.09. The van der Waals surface area contributed by atoms with Crippen LogP contribution in [0.5, 0.6) is 0 Å². The van der Waals surface area contributed by atoms with E-state index in [1.807, 2.05) is 13.1 Å². The highest BCUT2D eigenvalue weighted by atomic mass is 15.1. The van der Waals surface area contributed by atoms with Crippen molar-refractivity contribution in [3.8, 4) is 0 Å². The van der Waals surface area contributed by atoms with Crippen LogP contribution in [0, 0.1) is 0 Å². The van der Waals surface area contributed by atoms with Gasteiger partial charge in [0.25, 0.3) is 0 Å². The van der Waals surface area contributed by atoms with Crippen LogP contribution in [0.3, 0.4) is 0 Å². The van der Waals surface area contributed by atoms with E-state index in [1.54, 1.807) is 12.4 Å². The quantitative estimate of drug-likeness (QED) is 0.826. The van der Waals surface area contributed by atoms with E-state index in [0.717, 1.165) is 23.4 Å². The molecule has 0 aliphatic carbocycles. The molecule has 2 heterocycles. The average molecular weight is 204 g/mol. The van der Waals surface area contributed by atoms with Crippen molar-refractivity contribution in [2.75, 3.05) is 6.54 Å². The number of aromatic nitrogens is 3. The molecular weight excluding hydrogens is 188 g/mol. The Morgan fingerprint density at radius 1 is 1.53 bits per heavy atom. The zero-order valence-corrected chi connectivity index (χ0v) is 9.36. The molecule has 0 aliphatic heterocycles. The van der Waals surface area contributed by atoms with Gasteiger partial charge in [0.15, 0.2) is 0 Å². The Morgan fingerprint density at radius 3 is 3.00 bits per heavy atom. The molecule has 0 aliphatic rings. The molecule has 4 heteroatoms.